The van der Waals surface area contributed by atoms with E-state index in [0.29, 0.717) is 32.5 Å². The number of ether oxygens (including phenoxy) is 2. The number of benzene rings is 1. The van der Waals surface area contributed by atoms with Crippen LogP contribution in [0.2, 0.25) is 0 Å². The van der Waals surface area contributed by atoms with E-state index in [4.69, 9.17) is 9.47 Å². The number of rotatable bonds is 4. The van der Waals surface area contributed by atoms with Crippen LogP contribution in [0, 0.1) is 0 Å². The first-order chi connectivity index (χ1) is 10.8. The summed E-state index contributed by atoms with van der Waals surface area (Å²) < 4.78 is 11.4. The minimum atomic E-state index is -0.903. The smallest absolute Gasteiger partial charge is 0.128 e. The fourth-order valence-electron chi connectivity index (χ4n) is 3.47. The normalized spacial score (nSPS) is 23.9. The van der Waals surface area contributed by atoms with Gasteiger partial charge < -0.3 is 19.7 Å². The Morgan fingerprint density at radius 1 is 1.35 bits per heavy atom. The Labute approximate surface area is 137 Å². The van der Waals surface area contributed by atoms with Crippen molar-refractivity contribution in [2.75, 3.05) is 20.2 Å². The third-order valence-electron chi connectivity index (χ3n) is 4.93. The fraction of sp³-hybridized carbons (Fsp3) is 0.667. The number of aliphatic hydroxyl groups excluding tert-OH is 1. The Balaban J connectivity index is 1.79. The molecule has 1 atom stereocenters. The number of nitrogens with zero attached hydrogens (tertiary/aromatic N) is 1. The summed E-state index contributed by atoms with van der Waals surface area (Å²) in [7, 11) is 1.64. The van der Waals surface area contributed by atoms with Crippen molar-refractivity contribution in [3.63, 3.8) is 0 Å². The van der Waals surface area contributed by atoms with E-state index in [1.54, 1.807) is 7.11 Å². The van der Waals surface area contributed by atoms with Gasteiger partial charge in [-0.2, -0.15) is 0 Å². The van der Waals surface area contributed by atoms with Gasteiger partial charge in [-0.1, -0.05) is 6.07 Å². The summed E-state index contributed by atoms with van der Waals surface area (Å²) in [5.41, 5.74) is -0.205. The molecule has 1 aliphatic heterocycles. The minimum Gasteiger partial charge on any atom is -0.497 e. The third-order valence-corrected chi connectivity index (χ3v) is 4.93. The van der Waals surface area contributed by atoms with Crippen molar-refractivity contribution in [2.24, 2.45) is 0 Å². The van der Waals surface area contributed by atoms with Crippen molar-refractivity contribution in [1.29, 1.82) is 0 Å². The molecule has 1 unspecified atom stereocenters. The first-order valence-corrected chi connectivity index (χ1v) is 8.30. The highest BCUT2D eigenvalue weighted by Crippen LogP contribution is 2.37. The molecule has 1 aromatic rings. The second kappa shape index (κ2) is 5.96. The zero-order chi connectivity index (χ0) is 16.7. The minimum absolute atomic E-state index is 0.375. The predicted octanol–water partition coefficient (Wildman–Crippen LogP) is 1.94. The van der Waals surface area contributed by atoms with Crippen LogP contribution >= 0.6 is 0 Å². The van der Waals surface area contributed by atoms with E-state index in [1.807, 2.05) is 32.0 Å². The molecule has 2 N–H and O–H groups in total. The molecule has 0 bridgehead atoms. The quantitative estimate of drug-likeness (QED) is 0.887. The summed E-state index contributed by atoms with van der Waals surface area (Å²) in [6.45, 7) is 5.92. The van der Waals surface area contributed by atoms with Crippen LogP contribution in [0.5, 0.6) is 11.5 Å². The average Bonchev–Trinajstić information content (AvgIpc) is 2.57. The average molecular weight is 321 g/mol. The molecule has 5 heteroatoms. The van der Waals surface area contributed by atoms with Crippen molar-refractivity contribution in [1.82, 2.24) is 4.90 Å². The zero-order valence-corrected chi connectivity index (χ0v) is 14.2. The largest absolute Gasteiger partial charge is 0.497 e. The lowest BCUT2D eigenvalue weighted by Crippen LogP contribution is -2.54. The Hall–Kier alpha value is -1.30. The van der Waals surface area contributed by atoms with Gasteiger partial charge in [0.15, 0.2) is 0 Å². The molecule has 23 heavy (non-hydrogen) atoms. The molecular formula is C18H27NO4. The van der Waals surface area contributed by atoms with Crippen LogP contribution < -0.4 is 9.47 Å². The lowest BCUT2D eigenvalue weighted by Gasteiger charge is -2.42. The van der Waals surface area contributed by atoms with Crippen molar-refractivity contribution in [2.45, 2.75) is 57.0 Å². The summed E-state index contributed by atoms with van der Waals surface area (Å²) in [6, 6.07) is 5.85. The number of hydrogen-bond acceptors (Lipinski definition) is 5. The number of β-amino-alcohol motifs (C(OH)–C–C–N with tert-alkyl or cyclic N) is 1. The second-order valence-corrected chi connectivity index (χ2v) is 7.48. The van der Waals surface area contributed by atoms with Crippen molar-refractivity contribution in [3.05, 3.63) is 23.8 Å². The standard InChI is InChI=1S/C18H27NO4/c1-17(2)12-19(11-16(20)18(21)7-4-8-18)10-13-5-6-14(22-3)9-15(13)23-17/h5-6,9,16,20-21H,4,7-8,10-12H2,1-3H3. The van der Waals surface area contributed by atoms with E-state index in [2.05, 4.69) is 4.90 Å². The molecule has 128 valence electrons. The molecule has 0 saturated heterocycles. The first-order valence-electron chi connectivity index (χ1n) is 8.30. The van der Waals surface area contributed by atoms with Gasteiger partial charge in [0.2, 0.25) is 0 Å². The maximum atomic E-state index is 10.4. The molecule has 0 amide bonds. The van der Waals surface area contributed by atoms with Crippen LogP contribution in [0.3, 0.4) is 0 Å². The van der Waals surface area contributed by atoms with Gasteiger partial charge >= 0.3 is 0 Å². The molecule has 0 spiro atoms. The van der Waals surface area contributed by atoms with Gasteiger partial charge in [-0.15, -0.1) is 0 Å². The van der Waals surface area contributed by atoms with Crippen LogP contribution in [-0.4, -0.2) is 52.6 Å². The summed E-state index contributed by atoms with van der Waals surface area (Å²) >= 11 is 0. The molecule has 3 rings (SSSR count). The number of aliphatic hydroxyl groups is 2. The highest BCUT2D eigenvalue weighted by atomic mass is 16.5. The summed E-state index contributed by atoms with van der Waals surface area (Å²) in [5.74, 6) is 1.60. The second-order valence-electron chi connectivity index (χ2n) is 7.48. The molecule has 5 nitrogen and oxygen atoms in total. The summed E-state index contributed by atoms with van der Waals surface area (Å²) in [4.78, 5) is 2.17. The Morgan fingerprint density at radius 3 is 2.70 bits per heavy atom. The molecule has 1 aliphatic carbocycles. The molecular weight excluding hydrogens is 294 g/mol. The SMILES string of the molecule is COc1ccc2c(c1)OC(C)(C)CN(CC(O)C1(O)CCC1)C2. The van der Waals surface area contributed by atoms with E-state index in [-0.39, 0.29) is 5.60 Å². The molecule has 0 radical (unpaired) electrons. The Bertz CT molecular complexity index is 568. The van der Waals surface area contributed by atoms with Crippen LogP contribution in [-0.2, 0) is 6.54 Å². The molecule has 1 fully saturated rings. The Kier molecular flexibility index (Phi) is 4.29. The topological polar surface area (TPSA) is 62.2 Å². The van der Waals surface area contributed by atoms with E-state index in [9.17, 15) is 10.2 Å². The molecule has 2 aliphatic rings. The van der Waals surface area contributed by atoms with E-state index in [0.717, 1.165) is 23.5 Å². The molecule has 1 aromatic carbocycles. The van der Waals surface area contributed by atoms with Crippen molar-refractivity contribution >= 4 is 0 Å². The monoisotopic (exact) mass is 321 g/mol. The maximum Gasteiger partial charge on any atom is 0.128 e. The summed E-state index contributed by atoms with van der Waals surface area (Å²) in [5, 5.41) is 20.8. The van der Waals surface area contributed by atoms with E-state index in [1.165, 1.54) is 0 Å². The zero-order valence-electron chi connectivity index (χ0n) is 14.2. The molecule has 0 aromatic heterocycles. The summed E-state index contributed by atoms with van der Waals surface area (Å²) in [6.07, 6.45) is 1.66. The Morgan fingerprint density at radius 2 is 2.09 bits per heavy atom. The van der Waals surface area contributed by atoms with Gasteiger partial charge in [0.1, 0.15) is 17.1 Å². The van der Waals surface area contributed by atoms with Gasteiger partial charge in [-0.3, -0.25) is 4.90 Å². The highest BCUT2D eigenvalue weighted by Gasteiger charge is 2.43. The van der Waals surface area contributed by atoms with Crippen molar-refractivity contribution < 1.29 is 19.7 Å². The molecule has 1 saturated carbocycles. The van der Waals surface area contributed by atoms with Crippen molar-refractivity contribution in [3.8, 4) is 11.5 Å². The van der Waals surface area contributed by atoms with Crippen LogP contribution in [0.25, 0.3) is 0 Å². The van der Waals surface area contributed by atoms with Crippen LogP contribution in [0.15, 0.2) is 18.2 Å². The van der Waals surface area contributed by atoms with Gasteiger partial charge in [-0.25, -0.2) is 0 Å². The number of methoxy groups -OCH3 is 1. The lowest BCUT2D eigenvalue weighted by atomic mass is 9.76. The number of fused-ring (bicyclic) bond motifs is 1. The number of hydrogen-bond donors (Lipinski definition) is 2. The first kappa shape index (κ1) is 16.6. The van der Waals surface area contributed by atoms with Gasteiger partial charge in [0.05, 0.1) is 18.8 Å². The van der Waals surface area contributed by atoms with Gasteiger partial charge in [0, 0.05) is 31.3 Å². The van der Waals surface area contributed by atoms with Crippen LogP contribution in [0.1, 0.15) is 38.7 Å². The highest BCUT2D eigenvalue weighted by molar-refractivity contribution is 5.41. The predicted molar refractivity (Wildman–Crippen MR) is 87.8 cm³/mol. The molecule has 1 heterocycles. The van der Waals surface area contributed by atoms with E-state index < -0.39 is 11.7 Å². The lowest BCUT2D eigenvalue weighted by molar-refractivity contribution is -0.135. The van der Waals surface area contributed by atoms with Gasteiger partial charge in [0.25, 0.3) is 0 Å². The van der Waals surface area contributed by atoms with E-state index >= 15 is 0 Å². The third kappa shape index (κ3) is 3.47. The fourth-order valence-corrected chi connectivity index (χ4v) is 3.47. The van der Waals surface area contributed by atoms with Gasteiger partial charge in [-0.05, 0) is 39.2 Å². The van der Waals surface area contributed by atoms with Crippen LogP contribution in [0.4, 0.5) is 0 Å². The maximum absolute atomic E-state index is 10.4.